The SMILES string of the molecule is Cc1nn(Cc2ccccc2)c2sc(C(=O)NC(C(=O)O)C(C)C)cc12. The third kappa shape index (κ3) is 3.62. The van der Waals surface area contributed by atoms with Gasteiger partial charge in [0, 0.05) is 5.39 Å². The van der Waals surface area contributed by atoms with Gasteiger partial charge in [0.2, 0.25) is 0 Å². The number of carbonyl (C=O) groups excluding carboxylic acids is 1. The zero-order valence-corrected chi connectivity index (χ0v) is 15.7. The van der Waals surface area contributed by atoms with Crippen molar-refractivity contribution in [2.24, 2.45) is 5.92 Å². The topological polar surface area (TPSA) is 84.2 Å². The van der Waals surface area contributed by atoms with Gasteiger partial charge in [0.15, 0.2) is 0 Å². The van der Waals surface area contributed by atoms with Crippen LogP contribution in [0.3, 0.4) is 0 Å². The highest BCUT2D eigenvalue weighted by Crippen LogP contribution is 2.29. The number of carboxylic acids is 1. The Morgan fingerprint density at radius 1 is 1.27 bits per heavy atom. The first-order valence-corrected chi connectivity index (χ1v) is 9.23. The number of hydrogen-bond donors (Lipinski definition) is 2. The Hall–Kier alpha value is -2.67. The molecule has 1 amide bonds. The maximum absolute atomic E-state index is 12.5. The van der Waals surface area contributed by atoms with E-state index in [1.165, 1.54) is 11.3 Å². The number of nitrogens with one attached hydrogen (secondary N) is 1. The molecule has 136 valence electrons. The largest absolute Gasteiger partial charge is 0.480 e. The third-order valence-electron chi connectivity index (χ3n) is 4.23. The van der Waals surface area contributed by atoms with E-state index in [1.54, 1.807) is 19.9 Å². The first kappa shape index (κ1) is 18.1. The number of nitrogens with zero attached hydrogens (tertiary/aromatic N) is 2. The maximum Gasteiger partial charge on any atom is 0.326 e. The molecule has 2 N–H and O–H groups in total. The highest BCUT2D eigenvalue weighted by molar-refractivity contribution is 7.20. The van der Waals surface area contributed by atoms with Crippen molar-refractivity contribution in [3.8, 4) is 0 Å². The molecule has 2 aromatic heterocycles. The Labute approximate surface area is 155 Å². The first-order valence-electron chi connectivity index (χ1n) is 8.41. The summed E-state index contributed by atoms with van der Waals surface area (Å²) in [5.41, 5.74) is 1.98. The number of hydrogen-bond acceptors (Lipinski definition) is 4. The molecule has 0 spiro atoms. The van der Waals surface area contributed by atoms with E-state index in [1.807, 2.05) is 41.9 Å². The van der Waals surface area contributed by atoms with Gasteiger partial charge in [-0.2, -0.15) is 5.10 Å². The smallest absolute Gasteiger partial charge is 0.326 e. The van der Waals surface area contributed by atoms with E-state index in [2.05, 4.69) is 10.4 Å². The van der Waals surface area contributed by atoms with Gasteiger partial charge in [-0.05, 0) is 24.5 Å². The molecule has 1 atom stereocenters. The fourth-order valence-corrected chi connectivity index (χ4v) is 3.88. The van der Waals surface area contributed by atoms with E-state index in [-0.39, 0.29) is 11.8 Å². The standard InChI is InChI=1S/C19H21N3O3S/c1-11(2)16(19(24)25)20-17(23)15-9-14-12(3)21-22(18(14)26-15)10-13-7-5-4-6-8-13/h4-9,11,16H,10H2,1-3H3,(H,20,23)(H,24,25). The molecule has 0 bridgehead atoms. The second-order valence-corrected chi connectivity index (χ2v) is 7.62. The van der Waals surface area contributed by atoms with Gasteiger partial charge in [-0.3, -0.25) is 9.48 Å². The number of aliphatic carboxylic acids is 1. The summed E-state index contributed by atoms with van der Waals surface area (Å²) in [6, 6.07) is 10.9. The number of thiophene rings is 1. The van der Waals surface area contributed by atoms with Crippen molar-refractivity contribution in [3.05, 3.63) is 52.5 Å². The number of aryl methyl sites for hydroxylation is 1. The summed E-state index contributed by atoms with van der Waals surface area (Å²) in [4.78, 5) is 25.2. The summed E-state index contributed by atoms with van der Waals surface area (Å²) in [7, 11) is 0. The first-order chi connectivity index (χ1) is 12.4. The molecule has 3 aromatic rings. The van der Waals surface area contributed by atoms with Crippen molar-refractivity contribution in [3.63, 3.8) is 0 Å². The number of carboxylic acid groups (broad SMARTS) is 1. The third-order valence-corrected chi connectivity index (χ3v) is 5.37. The van der Waals surface area contributed by atoms with Gasteiger partial charge in [-0.25, -0.2) is 4.79 Å². The van der Waals surface area contributed by atoms with Crippen LogP contribution in [0, 0.1) is 12.8 Å². The summed E-state index contributed by atoms with van der Waals surface area (Å²) in [6.07, 6.45) is 0. The lowest BCUT2D eigenvalue weighted by molar-refractivity contribution is -0.140. The van der Waals surface area contributed by atoms with Crippen LogP contribution in [0.1, 0.15) is 34.8 Å². The molecule has 7 heteroatoms. The van der Waals surface area contributed by atoms with E-state index in [0.29, 0.717) is 11.4 Å². The average Bonchev–Trinajstić information content (AvgIpc) is 3.15. The van der Waals surface area contributed by atoms with Gasteiger partial charge in [0.25, 0.3) is 5.91 Å². The molecule has 6 nitrogen and oxygen atoms in total. The average molecular weight is 371 g/mol. The van der Waals surface area contributed by atoms with Crippen molar-refractivity contribution in [2.75, 3.05) is 0 Å². The molecule has 0 aliphatic carbocycles. The molecule has 0 aliphatic heterocycles. The lowest BCUT2D eigenvalue weighted by Crippen LogP contribution is -2.44. The minimum Gasteiger partial charge on any atom is -0.480 e. The molecule has 0 aliphatic rings. The molecule has 3 rings (SSSR count). The van der Waals surface area contributed by atoms with Gasteiger partial charge in [-0.15, -0.1) is 11.3 Å². The van der Waals surface area contributed by atoms with Gasteiger partial charge in [0.1, 0.15) is 10.9 Å². The Morgan fingerprint density at radius 2 is 1.96 bits per heavy atom. The minimum atomic E-state index is -1.03. The fourth-order valence-electron chi connectivity index (χ4n) is 2.81. The molecule has 0 saturated carbocycles. The predicted octanol–water partition coefficient (Wildman–Crippen LogP) is 3.29. The number of carbonyl (C=O) groups is 2. The van der Waals surface area contributed by atoms with Gasteiger partial charge in [-0.1, -0.05) is 44.2 Å². The van der Waals surface area contributed by atoms with Gasteiger partial charge in [0.05, 0.1) is 17.1 Å². The molecule has 0 fully saturated rings. The molecular formula is C19H21N3O3S. The molecule has 2 heterocycles. The number of aromatic nitrogens is 2. The molecule has 0 radical (unpaired) electrons. The van der Waals surface area contributed by atoms with Gasteiger partial charge >= 0.3 is 5.97 Å². The van der Waals surface area contributed by atoms with E-state index >= 15 is 0 Å². The number of fused-ring (bicyclic) bond motifs is 1. The van der Waals surface area contributed by atoms with Crippen molar-refractivity contribution < 1.29 is 14.7 Å². The summed E-state index contributed by atoms with van der Waals surface area (Å²) in [6.45, 7) is 6.07. The molecule has 0 saturated heterocycles. The van der Waals surface area contributed by atoms with Crippen LogP contribution in [0.5, 0.6) is 0 Å². The van der Waals surface area contributed by atoms with Gasteiger partial charge < -0.3 is 10.4 Å². The summed E-state index contributed by atoms with van der Waals surface area (Å²) >= 11 is 1.33. The van der Waals surface area contributed by atoms with Crippen LogP contribution in [-0.4, -0.2) is 32.8 Å². The Kier molecular flexibility index (Phi) is 5.08. The molecule has 1 unspecified atom stereocenters. The van der Waals surface area contributed by atoms with Crippen LogP contribution in [0.25, 0.3) is 10.2 Å². The number of rotatable bonds is 6. The second kappa shape index (κ2) is 7.29. The quantitative estimate of drug-likeness (QED) is 0.696. The van der Waals surface area contributed by atoms with Crippen LogP contribution in [0.15, 0.2) is 36.4 Å². The predicted molar refractivity (Wildman–Crippen MR) is 102 cm³/mol. The van der Waals surface area contributed by atoms with E-state index in [0.717, 1.165) is 21.5 Å². The second-order valence-electron chi connectivity index (χ2n) is 6.59. The maximum atomic E-state index is 12.5. The van der Waals surface area contributed by atoms with Crippen molar-refractivity contribution >= 4 is 33.4 Å². The lowest BCUT2D eigenvalue weighted by atomic mass is 10.0. The van der Waals surface area contributed by atoms with Crippen LogP contribution >= 0.6 is 11.3 Å². The lowest BCUT2D eigenvalue weighted by Gasteiger charge is -2.17. The molecule has 1 aromatic carbocycles. The normalized spacial score (nSPS) is 12.5. The monoisotopic (exact) mass is 371 g/mol. The highest BCUT2D eigenvalue weighted by Gasteiger charge is 2.25. The van der Waals surface area contributed by atoms with Crippen molar-refractivity contribution in [1.82, 2.24) is 15.1 Å². The zero-order chi connectivity index (χ0) is 18.8. The summed E-state index contributed by atoms with van der Waals surface area (Å²) in [5.74, 6) is -1.58. The highest BCUT2D eigenvalue weighted by atomic mass is 32.1. The van der Waals surface area contributed by atoms with Crippen LogP contribution in [-0.2, 0) is 11.3 Å². The van der Waals surface area contributed by atoms with E-state index in [4.69, 9.17) is 0 Å². The summed E-state index contributed by atoms with van der Waals surface area (Å²) < 4.78 is 1.89. The number of amides is 1. The van der Waals surface area contributed by atoms with E-state index in [9.17, 15) is 14.7 Å². The van der Waals surface area contributed by atoms with Crippen LogP contribution in [0.2, 0.25) is 0 Å². The summed E-state index contributed by atoms with van der Waals surface area (Å²) in [5, 5.41) is 17.4. The Bertz CT molecular complexity index is 944. The van der Waals surface area contributed by atoms with Crippen molar-refractivity contribution in [2.45, 2.75) is 33.4 Å². The Morgan fingerprint density at radius 3 is 2.58 bits per heavy atom. The zero-order valence-electron chi connectivity index (χ0n) is 14.9. The van der Waals surface area contributed by atoms with E-state index < -0.39 is 12.0 Å². The van der Waals surface area contributed by atoms with Crippen molar-refractivity contribution in [1.29, 1.82) is 0 Å². The Balaban J connectivity index is 1.88. The molecule has 26 heavy (non-hydrogen) atoms. The fraction of sp³-hybridized carbons (Fsp3) is 0.316. The minimum absolute atomic E-state index is 0.193. The van der Waals surface area contributed by atoms with Crippen LogP contribution < -0.4 is 5.32 Å². The van der Waals surface area contributed by atoms with Crippen LogP contribution in [0.4, 0.5) is 0 Å². The molecular weight excluding hydrogens is 350 g/mol. The number of benzene rings is 1.